The van der Waals surface area contributed by atoms with Crippen molar-refractivity contribution >= 4 is 0 Å². The van der Waals surface area contributed by atoms with Gasteiger partial charge in [-0.15, -0.1) is 13.2 Å². The number of hydrogen-bond donors (Lipinski definition) is 1. The van der Waals surface area contributed by atoms with Crippen LogP contribution in [0, 0.1) is 0 Å². The highest BCUT2D eigenvalue weighted by molar-refractivity contribution is 5.65. The first-order valence-electron chi connectivity index (χ1n) is 7.50. The number of aromatic nitrogens is 2. The lowest BCUT2D eigenvalue weighted by atomic mass is 10.1. The number of aromatic hydroxyl groups is 1. The zero-order chi connectivity index (χ0) is 16.9. The molecular weight excluding hydrogens is 309 g/mol. The monoisotopic (exact) mass is 328 g/mol. The molecule has 0 aliphatic carbocycles. The van der Waals surface area contributed by atoms with Crippen LogP contribution in [-0.4, -0.2) is 21.2 Å². The Labute approximate surface area is 132 Å². The predicted octanol–water partition coefficient (Wildman–Crippen LogP) is 4.73. The maximum Gasteiger partial charge on any atom is 0.573 e. The van der Waals surface area contributed by atoms with E-state index in [2.05, 4.69) is 16.8 Å². The average molecular weight is 328 g/mol. The fourth-order valence-electron chi connectivity index (χ4n) is 2.24. The summed E-state index contributed by atoms with van der Waals surface area (Å²) >= 11 is 0. The van der Waals surface area contributed by atoms with E-state index in [1.165, 1.54) is 18.6 Å². The third-order valence-corrected chi connectivity index (χ3v) is 3.39. The van der Waals surface area contributed by atoms with Gasteiger partial charge in [-0.05, 0) is 24.1 Å². The van der Waals surface area contributed by atoms with Gasteiger partial charge in [0.15, 0.2) is 11.5 Å². The van der Waals surface area contributed by atoms with Gasteiger partial charge in [0, 0.05) is 18.3 Å². The Kier molecular flexibility index (Phi) is 5.52. The molecule has 1 aromatic carbocycles. The molecule has 0 fully saturated rings. The standard InChI is InChI=1S/C16H19F3N2O2/c1-2-3-4-5-8-21-11-13(10-20-21)12-6-7-15(14(22)9-12)23-16(17,18)19/h6-7,9-11,22H,2-5,8H2,1H3. The molecule has 4 nitrogen and oxygen atoms in total. The smallest absolute Gasteiger partial charge is 0.504 e. The molecule has 1 heterocycles. The fraction of sp³-hybridized carbons (Fsp3) is 0.438. The Balaban J connectivity index is 2.05. The van der Waals surface area contributed by atoms with E-state index in [0.717, 1.165) is 37.4 Å². The van der Waals surface area contributed by atoms with Crippen LogP contribution in [0.5, 0.6) is 11.5 Å². The molecule has 0 saturated heterocycles. The highest BCUT2D eigenvalue weighted by Crippen LogP contribution is 2.34. The maximum absolute atomic E-state index is 12.2. The van der Waals surface area contributed by atoms with Crippen molar-refractivity contribution in [3.8, 4) is 22.6 Å². The lowest BCUT2D eigenvalue weighted by Gasteiger charge is -2.10. The molecule has 1 aromatic heterocycles. The van der Waals surface area contributed by atoms with Gasteiger partial charge < -0.3 is 9.84 Å². The van der Waals surface area contributed by atoms with Gasteiger partial charge in [0.2, 0.25) is 0 Å². The van der Waals surface area contributed by atoms with Crippen LogP contribution in [0.25, 0.3) is 11.1 Å². The van der Waals surface area contributed by atoms with Crippen molar-refractivity contribution < 1.29 is 23.0 Å². The van der Waals surface area contributed by atoms with Crippen LogP contribution in [-0.2, 0) is 6.54 Å². The first kappa shape index (κ1) is 17.2. The molecule has 0 unspecified atom stereocenters. The van der Waals surface area contributed by atoms with E-state index in [1.54, 1.807) is 10.9 Å². The van der Waals surface area contributed by atoms with E-state index in [1.807, 2.05) is 6.20 Å². The van der Waals surface area contributed by atoms with Crippen molar-refractivity contribution in [2.45, 2.75) is 45.5 Å². The summed E-state index contributed by atoms with van der Waals surface area (Å²) in [4.78, 5) is 0. The number of benzene rings is 1. The normalized spacial score (nSPS) is 11.7. The minimum atomic E-state index is -4.83. The molecule has 7 heteroatoms. The second-order valence-electron chi connectivity index (χ2n) is 5.28. The first-order chi connectivity index (χ1) is 10.9. The Morgan fingerprint density at radius 2 is 1.96 bits per heavy atom. The molecule has 0 radical (unpaired) electrons. The summed E-state index contributed by atoms with van der Waals surface area (Å²) in [6, 6.07) is 3.79. The van der Waals surface area contributed by atoms with Gasteiger partial charge in [-0.1, -0.05) is 32.3 Å². The van der Waals surface area contributed by atoms with Crippen LogP contribution in [0.1, 0.15) is 32.6 Å². The summed E-state index contributed by atoms with van der Waals surface area (Å²) in [5.74, 6) is -1.18. The third-order valence-electron chi connectivity index (χ3n) is 3.39. The SMILES string of the molecule is CCCCCCn1cc(-c2ccc(OC(F)(F)F)c(O)c2)cn1. The Morgan fingerprint density at radius 3 is 2.61 bits per heavy atom. The van der Waals surface area contributed by atoms with Crippen LogP contribution >= 0.6 is 0 Å². The van der Waals surface area contributed by atoms with E-state index in [4.69, 9.17) is 0 Å². The van der Waals surface area contributed by atoms with E-state index in [0.29, 0.717) is 5.56 Å². The quantitative estimate of drug-likeness (QED) is 0.747. The number of halogens is 3. The van der Waals surface area contributed by atoms with Crippen molar-refractivity contribution in [3.63, 3.8) is 0 Å². The number of rotatable bonds is 7. The zero-order valence-corrected chi connectivity index (χ0v) is 12.8. The summed E-state index contributed by atoms with van der Waals surface area (Å²) < 4.78 is 42.1. The average Bonchev–Trinajstić information content (AvgIpc) is 2.93. The van der Waals surface area contributed by atoms with E-state index in [-0.39, 0.29) is 0 Å². The molecule has 0 aliphatic rings. The number of ether oxygens (including phenoxy) is 1. The van der Waals surface area contributed by atoms with E-state index < -0.39 is 17.9 Å². The van der Waals surface area contributed by atoms with Crippen molar-refractivity contribution in [2.24, 2.45) is 0 Å². The minimum absolute atomic E-state index is 0.560. The van der Waals surface area contributed by atoms with Gasteiger partial charge in [-0.25, -0.2) is 0 Å². The van der Waals surface area contributed by atoms with Crippen LogP contribution in [0.15, 0.2) is 30.6 Å². The molecule has 0 spiro atoms. The molecule has 2 rings (SSSR count). The Morgan fingerprint density at radius 1 is 1.17 bits per heavy atom. The predicted molar refractivity (Wildman–Crippen MR) is 80.2 cm³/mol. The number of phenols is 1. The van der Waals surface area contributed by atoms with Gasteiger partial charge in [-0.2, -0.15) is 5.10 Å². The Hall–Kier alpha value is -2.18. The topological polar surface area (TPSA) is 47.3 Å². The molecule has 0 amide bonds. The summed E-state index contributed by atoms with van der Waals surface area (Å²) in [6.45, 7) is 2.94. The Bertz CT molecular complexity index is 638. The van der Waals surface area contributed by atoms with Crippen molar-refractivity contribution in [1.29, 1.82) is 0 Å². The molecule has 0 bridgehead atoms. The lowest BCUT2D eigenvalue weighted by Crippen LogP contribution is -2.17. The zero-order valence-electron chi connectivity index (χ0n) is 12.8. The maximum atomic E-state index is 12.2. The molecule has 2 aromatic rings. The number of phenolic OH excluding ortho intramolecular Hbond substituents is 1. The molecule has 0 aliphatic heterocycles. The summed E-state index contributed by atoms with van der Waals surface area (Å²) in [5.41, 5.74) is 1.31. The van der Waals surface area contributed by atoms with Crippen LogP contribution in [0.2, 0.25) is 0 Å². The molecule has 0 atom stereocenters. The highest BCUT2D eigenvalue weighted by atomic mass is 19.4. The number of aryl methyl sites for hydroxylation is 1. The summed E-state index contributed by atoms with van der Waals surface area (Å²) in [6.07, 6.45) is 3.11. The highest BCUT2D eigenvalue weighted by Gasteiger charge is 2.32. The lowest BCUT2D eigenvalue weighted by molar-refractivity contribution is -0.275. The molecule has 1 N–H and O–H groups in total. The van der Waals surface area contributed by atoms with Gasteiger partial charge in [0.1, 0.15) is 0 Å². The van der Waals surface area contributed by atoms with Gasteiger partial charge in [-0.3, -0.25) is 4.68 Å². The molecule has 126 valence electrons. The third kappa shape index (κ3) is 5.19. The van der Waals surface area contributed by atoms with E-state index >= 15 is 0 Å². The van der Waals surface area contributed by atoms with Gasteiger partial charge in [0.05, 0.1) is 6.20 Å². The number of hydrogen-bond acceptors (Lipinski definition) is 3. The molecular formula is C16H19F3N2O2. The minimum Gasteiger partial charge on any atom is -0.504 e. The second-order valence-corrected chi connectivity index (χ2v) is 5.28. The van der Waals surface area contributed by atoms with Crippen LogP contribution in [0.4, 0.5) is 13.2 Å². The molecule has 23 heavy (non-hydrogen) atoms. The second kappa shape index (κ2) is 7.39. The first-order valence-corrected chi connectivity index (χ1v) is 7.50. The molecule has 0 saturated carbocycles. The van der Waals surface area contributed by atoms with Crippen molar-refractivity contribution in [1.82, 2.24) is 9.78 Å². The van der Waals surface area contributed by atoms with Gasteiger partial charge in [0.25, 0.3) is 0 Å². The fourth-order valence-corrected chi connectivity index (χ4v) is 2.24. The van der Waals surface area contributed by atoms with Crippen molar-refractivity contribution in [3.05, 3.63) is 30.6 Å². The van der Waals surface area contributed by atoms with E-state index in [9.17, 15) is 18.3 Å². The summed E-state index contributed by atoms with van der Waals surface area (Å²) in [5, 5.41) is 13.9. The van der Waals surface area contributed by atoms with Gasteiger partial charge >= 0.3 is 6.36 Å². The van der Waals surface area contributed by atoms with Crippen LogP contribution < -0.4 is 4.74 Å². The van der Waals surface area contributed by atoms with Crippen molar-refractivity contribution in [2.75, 3.05) is 0 Å². The largest absolute Gasteiger partial charge is 0.573 e. The number of alkyl halides is 3. The number of nitrogens with zero attached hydrogens (tertiary/aromatic N) is 2. The summed E-state index contributed by atoms with van der Waals surface area (Å²) in [7, 11) is 0. The number of unbranched alkanes of at least 4 members (excludes halogenated alkanes) is 3. The van der Waals surface area contributed by atoms with Crippen LogP contribution in [0.3, 0.4) is 0 Å².